The average molecular weight is 211 g/mol. The maximum Gasteiger partial charge on any atom is 0.320 e. The van der Waals surface area contributed by atoms with Crippen molar-refractivity contribution in [1.82, 2.24) is 5.32 Å². The summed E-state index contributed by atoms with van der Waals surface area (Å²) in [6.45, 7) is 6.76. The summed E-state index contributed by atoms with van der Waals surface area (Å²) in [4.78, 5) is 11.3. The van der Waals surface area contributed by atoms with Crippen molar-refractivity contribution in [3.63, 3.8) is 0 Å². The van der Waals surface area contributed by atoms with Gasteiger partial charge in [-0.1, -0.05) is 13.0 Å². The lowest BCUT2D eigenvalue weighted by molar-refractivity contribution is -0.149. The van der Waals surface area contributed by atoms with Crippen LogP contribution in [0.15, 0.2) is 12.7 Å². The van der Waals surface area contributed by atoms with E-state index in [9.17, 15) is 4.79 Å². The zero-order chi connectivity index (χ0) is 11.1. The van der Waals surface area contributed by atoms with Crippen molar-refractivity contribution in [2.75, 3.05) is 13.1 Å². The van der Waals surface area contributed by atoms with Gasteiger partial charge in [0.05, 0.1) is 6.54 Å². The first-order chi connectivity index (χ1) is 7.22. The molecule has 3 nitrogen and oxygen atoms in total. The first kappa shape index (κ1) is 12.2. The molecule has 1 saturated carbocycles. The normalized spacial score (nSPS) is 25.9. The highest BCUT2D eigenvalue weighted by Crippen LogP contribution is 2.25. The lowest BCUT2D eigenvalue weighted by atomic mass is 9.89. The topological polar surface area (TPSA) is 38.3 Å². The SMILES string of the molecule is C=CCNCC(=O)OC1CCC(C)CC1. The molecule has 0 unspecified atom stereocenters. The van der Waals surface area contributed by atoms with Gasteiger partial charge in [0.1, 0.15) is 6.10 Å². The molecule has 0 atom stereocenters. The van der Waals surface area contributed by atoms with Crippen LogP contribution in [0.2, 0.25) is 0 Å². The van der Waals surface area contributed by atoms with Gasteiger partial charge in [0.15, 0.2) is 0 Å². The van der Waals surface area contributed by atoms with Gasteiger partial charge in [0.2, 0.25) is 0 Å². The summed E-state index contributed by atoms with van der Waals surface area (Å²) >= 11 is 0. The van der Waals surface area contributed by atoms with E-state index in [-0.39, 0.29) is 18.6 Å². The fourth-order valence-electron chi connectivity index (χ4n) is 1.85. The number of esters is 1. The van der Waals surface area contributed by atoms with E-state index in [0.717, 1.165) is 18.8 Å². The lowest BCUT2D eigenvalue weighted by Gasteiger charge is -2.25. The van der Waals surface area contributed by atoms with E-state index in [2.05, 4.69) is 18.8 Å². The van der Waals surface area contributed by atoms with Crippen molar-refractivity contribution in [3.8, 4) is 0 Å². The van der Waals surface area contributed by atoms with Crippen LogP contribution in [0.25, 0.3) is 0 Å². The third-order valence-electron chi connectivity index (χ3n) is 2.82. The molecule has 0 amide bonds. The molecular formula is C12H21NO2. The van der Waals surface area contributed by atoms with Crippen LogP contribution in [0, 0.1) is 5.92 Å². The average Bonchev–Trinajstić information content (AvgIpc) is 2.22. The van der Waals surface area contributed by atoms with Crippen LogP contribution in [0.5, 0.6) is 0 Å². The van der Waals surface area contributed by atoms with E-state index in [1.165, 1.54) is 12.8 Å². The van der Waals surface area contributed by atoms with Gasteiger partial charge < -0.3 is 10.1 Å². The second kappa shape index (κ2) is 6.62. The fraction of sp³-hybridized carbons (Fsp3) is 0.750. The number of carbonyl (C=O) groups is 1. The molecule has 0 aromatic heterocycles. The Morgan fingerprint density at radius 1 is 1.47 bits per heavy atom. The van der Waals surface area contributed by atoms with E-state index < -0.39 is 0 Å². The molecule has 1 aliphatic rings. The van der Waals surface area contributed by atoms with Crippen LogP contribution in [0.4, 0.5) is 0 Å². The third kappa shape index (κ3) is 4.98. The molecule has 0 spiro atoms. The molecular weight excluding hydrogens is 190 g/mol. The summed E-state index contributed by atoms with van der Waals surface area (Å²) in [6.07, 6.45) is 6.29. The number of nitrogens with one attached hydrogen (secondary N) is 1. The van der Waals surface area contributed by atoms with Crippen molar-refractivity contribution in [2.24, 2.45) is 5.92 Å². The van der Waals surface area contributed by atoms with E-state index in [4.69, 9.17) is 4.74 Å². The summed E-state index contributed by atoms with van der Waals surface area (Å²) in [5.74, 6) is 0.648. The van der Waals surface area contributed by atoms with Crippen molar-refractivity contribution < 1.29 is 9.53 Å². The minimum atomic E-state index is -0.142. The maximum atomic E-state index is 11.3. The van der Waals surface area contributed by atoms with Gasteiger partial charge in [-0.25, -0.2) is 0 Å². The minimum Gasteiger partial charge on any atom is -0.461 e. The second-order valence-corrected chi connectivity index (χ2v) is 4.29. The van der Waals surface area contributed by atoms with Gasteiger partial charge in [-0.05, 0) is 31.6 Å². The molecule has 15 heavy (non-hydrogen) atoms. The standard InChI is InChI=1S/C12H21NO2/c1-3-8-13-9-12(14)15-11-6-4-10(2)5-7-11/h3,10-11,13H,1,4-9H2,2H3. The van der Waals surface area contributed by atoms with Crippen LogP contribution in [-0.4, -0.2) is 25.2 Å². The van der Waals surface area contributed by atoms with Gasteiger partial charge in [0.25, 0.3) is 0 Å². The van der Waals surface area contributed by atoms with Gasteiger partial charge in [-0.15, -0.1) is 6.58 Å². The number of rotatable bonds is 5. The number of ether oxygens (including phenoxy) is 1. The highest BCUT2D eigenvalue weighted by atomic mass is 16.5. The highest BCUT2D eigenvalue weighted by Gasteiger charge is 2.20. The summed E-state index contributed by atoms with van der Waals surface area (Å²) in [7, 11) is 0. The second-order valence-electron chi connectivity index (χ2n) is 4.29. The molecule has 1 rings (SSSR count). The number of carbonyl (C=O) groups excluding carboxylic acids is 1. The molecule has 0 heterocycles. The smallest absolute Gasteiger partial charge is 0.320 e. The predicted molar refractivity (Wildman–Crippen MR) is 60.6 cm³/mol. The monoisotopic (exact) mass is 211 g/mol. The van der Waals surface area contributed by atoms with E-state index in [1.807, 2.05) is 0 Å². The van der Waals surface area contributed by atoms with Crippen LogP contribution >= 0.6 is 0 Å². The molecule has 1 N–H and O–H groups in total. The van der Waals surface area contributed by atoms with E-state index in [1.54, 1.807) is 6.08 Å². The van der Waals surface area contributed by atoms with Crippen molar-refractivity contribution >= 4 is 5.97 Å². The lowest BCUT2D eigenvalue weighted by Crippen LogP contribution is -2.30. The minimum absolute atomic E-state index is 0.142. The summed E-state index contributed by atoms with van der Waals surface area (Å²) in [5, 5.41) is 2.94. The summed E-state index contributed by atoms with van der Waals surface area (Å²) in [6, 6.07) is 0. The third-order valence-corrected chi connectivity index (χ3v) is 2.82. The van der Waals surface area contributed by atoms with Crippen LogP contribution in [-0.2, 0) is 9.53 Å². The zero-order valence-electron chi connectivity index (χ0n) is 9.50. The van der Waals surface area contributed by atoms with Gasteiger partial charge in [-0.3, -0.25) is 4.79 Å². The van der Waals surface area contributed by atoms with Crippen LogP contribution < -0.4 is 5.32 Å². The van der Waals surface area contributed by atoms with E-state index >= 15 is 0 Å². The Morgan fingerprint density at radius 2 is 2.13 bits per heavy atom. The van der Waals surface area contributed by atoms with Gasteiger partial charge in [0, 0.05) is 6.54 Å². The first-order valence-corrected chi connectivity index (χ1v) is 5.73. The molecule has 0 saturated heterocycles. The molecule has 0 aliphatic heterocycles. The predicted octanol–water partition coefficient (Wildman–Crippen LogP) is 1.88. The molecule has 3 heteroatoms. The maximum absolute atomic E-state index is 11.3. The van der Waals surface area contributed by atoms with Crippen molar-refractivity contribution in [3.05, 3.63) is 12.7 Å². The Hall–Kier alpha value is -0.830. The Labute approximate surface area is 91.9 Å². The molecule has 0 radical (unpaired) electrons. The van der Waals surface area contributed by atoms with Crippen molar-refractivity contribution in [2.45, 2.75) is 38.7 Å². The summed E-state index contributed by atoms with van der Waals surface area (Å²) < 4.78 is 5.35. The van der Waals surface area contributed by atoms with Gasteiger partial charge in [-0.2, -0.15) is 0 Å². The van der Waals surface area contributed by atoms with Crippen LogP contribution in [0.3, 0.4) is 0 Å². The molecule has 1 aliphatic carbocycles. The Balaban J connectivity index is 2.12. The largest absolute Gasteiger partial charge is 0.461 e. The van der Waals surface area contributed by atoms with Gasteiger partial charge >= 0.3 is 5.97 Å². The molecule has 86 valence electrons. The fourth-order valence-corrected chi connectivity index (χ4v) is 1.85. The Morgan fingerprint density at radius 3 is 2.73 bits per heavy atom. The Bertz CT molecular complexity index is 208. The van der Waals surface area contributed by atoms with Crippen LogP contribution in [0.1, 0.15) is 32.6 Å². The molecule has 0 aromatic rings. The quantitative estimate of drug-likeness (QED) is 0.429. The number of hydrogen-bond acceptors (Lipinski definition) is 3. The highest BCUT2D eigenvalue weighted by molar-refractivity contribution is 5.71. The van der Waals surface area contributed by atoms with E-state index in [0.29, 0.717) is 6.54 Å². The number of hydrogen-bond donors (Lipinski definition) is 1. The Kier molecular flexibility index (Phi) is 5.40. The molecule has 0 bridgehead atoms. The first-order valence-electron chi connectivity index (χ1n) is 5.73. The summed E-state index contributed by atoms with van der Waals surface area (Å²) in [5.41, 5.74) is 0. The molecule has 1 fully saturated rings. The molecule has 0 aromatic carbocycles. The van der Waals surface area contributed by atoms with Crippen molar-refractivity contribution in [1.29, 1.82) is 0 Å². The zero-order valence-corrected chi connectivity index (χ0v) is 9.50.